The molecule has 1 aliphatic heterocycles. The average molecular weight is 398 g/mol. The van der Waals surface area contributed by atoms with Gasteiger partial charge in [-0.25, -0.2) is 0 Å². The fraction of sp³-hybridized carbons (Fsp3) is 0.364. The zero-order valence-electron chi connectivity index (χ0n) is 17.0. The van der Waals surface area contributed by atoms with E-state index in [1.54, 1.807) is 30.2 Å². The number of carbonyl (C=O) groups excluding carboxylic acids is 2. The van der Waals surface area contributed by atoms with Crippen LogP contribution in [0.5, 0.6) is 11.5 Å². The quantitative estimate of drug-likeness (QED) is 0.746. The largest absolute Gasteiger partial charge is 0.497 e. The standard InChI is InChI=1S/C22H26N2O5/c1-27-17-9-10-20(29-3)19(11-17)22(26)24-14-18(28-2)13-23(21(25)15-24)12-16-7-5-4-6-8-16/h4-11,18H,12-15H2,1-3H3/t18-/m1/s1. The molecule has 0 N–H and O–H groups in total. The van der Waals surface area contributed by atoms with Gasteiger partial charge in [0.2, 0.25) is 5.91 Å². The Morgan fingerprint density at radius 2 is 1.79 bits per heavy atom. The lowest BCUT2D eigenvalue weighted by atomic mass is 10.1. The Labute approximate surface area is 170 Å². The second-order valence-electron chi connectivity index (χ2n) is 6.87. The normalized spacial score (nSPS) is 17.1. The van der Waals surface area contributed by atoms with Crippen molar-refractivity contribution in [3.8, 4) is 11.5 Å². The van der Waals surface area contributed by atoms with Crippen molar-refractivity contribution in [1.82, 2.24) is 9.80 Å². The molecule has 7 heteroatoms. The van der Waals surface area contributed by atoms with Crippen LogP contribution in [0.4, 0.5) is 0 Å². The first-order valence-corrected chi connectivity index (χ1v) is 9.41. The molecule has 0 aliphatic carbocycles. The molecule has 0 spiro atoms. The van der Waals surface area contributed by atoms with E-state index in [4.69, 9.17) is 14.2 Å². The van der Waals surface area contributed by atoms with E-state index in [0.29, 0.717) is 36.7 Å². The lowest BCUT2D eigenvalue weighted by molar-refractivity contribution is -0.132. The summed E-state index contributed by atoms with van der Waals surface area (Å²) >= 11 is 0. The van der Waals surface area contributed by atoms with Crippen LogP contribution in [0.1, 0.15) is 15.9 Å². The molecule has 2 amide bonds. The molecule has 1 saturated heterocycles. The molecule has 1 atom stereocenters. The van der Waals surface area contributed by atoms with E-state index in [2.05, 4.69) is 0 Å². The first-order chi connectivity index (χ1) is 14.0. The van der Waals surface area contributed by atoms with Gasteiger partial charge in [-0.15, -0.1) is 0 Å². The van der Waals surface area contributed by atoms with Gasteiger partial charge in [-0.1, -0.05) is 30.3 Å². The summed E-state index contributed by atoms with van der Waals surface area (Å²) in [4.78, 5) is 29.4. The van der Waals surface area contributed by atoms with Crippen LogP contribution in [0.25, 0.3) is 0 Å². The first kappa shape index (κ1) is 20.7. The number of rotatable bonds is 6. The highest BCUT2D eigenvalue weighted by atomic mass is 16.5. The van der Waals surface area contributed by atoms with Gasteiger partial charge in [0, 0.05) is 26.7 Å². The number of methoxy groups -OCH3 is 3. The summed E-state index contributed by atoms with van der Waals surface area (Å²) in [6.07, 6.45) is -0.286. The monoisotopic (exact) mass is 398 g/mol. The number of ether oxygens (including phenoxy) is 3. The van der Waals surface area contributed by atoms with E-state index in [0.717, 1.165) is 5.56 Å². The van der Waals surface area contributed by atoms with Gasteiger partial charge in [-0.2, -0.15) is 0 Å². The Balaban J connectivity index is 1.83. The van der Waals surface area contributed by atoms with Gasteiger partial charge in [0.05, 0.1) is 25.9 Å². The minimum absolute atomic E-state index is 0.0219. The molecule has 3 rings (SSSR count). The molecular formula is C22H26N2O5. The van der Waals surface area contributed by atoms with Crippen molar-refractivity contribution < 1.29 is 23.8 Å². The molecule has 0 saturated carbocycles. The Hall–Kier alpha value is -3.06. The zero-order chi connectivity index (χ0) is 20.8. The van der Waals surface area contributed by atoms with Crippen molar-refractivity contribution in [2.24, 2.45) is 0 Å². The van der Waals surface area contributed by atoms with Crippen LogP contribution in [0.2, 0.25) is 0 Å². The van der Waals surface area contributed by atoms with Gasteiger partial charge < -0.3 is 24.0 Å². The van der Waals surface area contributed by atoms with Gasteiger partial charge in [0.15, 0.2) is 0 Å². The first-order valence-electron chi connectivity index (χ1n) is 9.41. The fourth-order valence-electron chi connectivity index (χ4n) is 3.39. The summed E-state index contributed by atoms with van der Waals surface area (Å²) < 4.78 is 16.1. The van der Waals surface area contributed by atoms with Crippen molar-refractivity contribution in [3.63, 3.8) is 0 Å². The Morgan fingerprint density at radius 3 is 2.45 bits per heavy atom. The number of hydrogen-bond donors (Lipinski definition) is 0. The number of amides is 2. The van der Waals surface area contributed by atoms with Gasteiger partial charge in [-0.05, 0) is 23.8 Å². The highest BCUT2D eigenvalue weighted by Gasteiger charge is 2.32. The molecule has 1 heterocycles. The van der Waals surface area contributed by atoms with E-state index < -0.39 is 0 Å². The molecule has 0 aromatic heterocycles. The van der Waals surface area contributed by atoms with Gasteiger partial charge >= 0.3 is 0 Å². The van der Waals surface area contributed by atoms with Crippen LogP contribution in [-0.4, -0.2) is 68.7 Å². The summed E-state index contributed by atoms with van der Waals surface area (Å²) in [5, 5.41) is 0. The SMILES string of the molecule is COc1ccc(OC)c(C(=O)N2CC(=O)N(Cc3ccccc3)C[C@@H](OC)C2)c1. The Bertz CT molecular complexity index is 856. The van der Waals surface area contributed by atoms with Crippen molar-refractivity contribution in [2.45, 2.75) is 12.6 Å². The molecule has 0 bridgehead atoms. The highest BCUT2D eigenvalue weighted by molar-refractivity contribution is 5.99. The van der Waals surface area contributed by atoms with Crippen molar-refractivity contribution in [1.29, 1.82) is 0 Å². The van der Waals surface area contributed by atoms with E-state index in [1.807, 2.05) is 30.3 Å². The summed E-state index contributed by atoms with van der Waals surface area (Å²) in [6.45, 7) is 1.19. The summed E-state index contributed by atoms with van der Waals surface area (Å²) in [5.74, 6) is 0.563. The molecular weight excluding hydrogens is 372 g/mol. The van der Waals surface area contributed by atoms with Crippen LogP contribution in [0, 0.1) is 0 Å². The third-order valence-corrected chi connectivity index (χ3v) is 5.00. The molecule has 1 aliphatic rings. The maximum Gasteiger partial charge on any atom is 0.258 e. The topological polar surface area (TPSA) is 68.3 Å². The Morgan fingerprint density at radius 1 is 1.03 bits per heavy atom. The van der Waals surface area contributed by atoms with E-state index >= 15 is 0 Å². The van der Waals surface area contributed by atoms with Gasteiger partial charge in [0.25, 0.3) is 5.91 Å². The third-order valence-electron chi connectivity index (χ3n) is 5.00. The molecule has 0 radical (unpaired) electrons. The lowest BCUT2D eigenvalue weighted by Gasteiger charge is -2.23. The number of carbonyl (C=O) groups is 2. The fourth-order valence-corrected chi connectivity index (χ4v) is 3.39. The highest BCUT2D eigenvalue weighted by Crippen LogP contribution is 2.26. The van der Waals surface area contributed by atoms with Crippen molar-refractivity contribution in [2.75, 3.05) is 41.0 Å². The minimum atomic E-state index is -0.294. The molecule has 2 aromatic rings. The number of nitrogens with zero attached hydrogens (tertiary/aromatic N) is 2. The van der Waals surface area contributed by atoms with E-state index in [-0.39, 0.29) is 24.5 Å². The maximum atomic E-state index is 13.2. The molecule has 154 valence electrons. The predicted octanol–water partition coefficient (Wildman–Crippen LogP) is 2.20. The number of hydrogen-bond acceptors (Lipinski definition) is 5. The van der Waals surface area contributed by atoms with Crippen molar-refractivity contribution >= 4 is 11.8 Å². The second kappa shape index (κ2) is 9.43. The molecule has 0 unspecified atom stereocenters. The van der Waals surface area contributed by atoms with Crippen LogP contribution in [0.15, 0.2) is 48.5 Å². The molecule has 2 aromatic carbocycles. The van der Waals surface area contributed by atoms with Crippen LogP contribution < -0.4 is 9.47 Å². The van der Waals surface area contributed by atoms with E-state index in [9.17, 15) is 9.59 Å². The lowest BCUT2D eigenvalue weighted by Crippen LogP contribution is -2.39. The third kappa shape index (κ3) is 4.86. The minimum Gasteiger partial charge on any atom is -0.497 e. The maximum absolute atomic E-state index is 13.2. The van der Waals surface area contributed by atoms with Crippen LogP contribution in [-0.2, 0) is 16.1 Å². The van der Waals surface area contributed by atoms with Gasteiger partial charge in [0.1, 0.15) is 18.0 Å². The predicted molar refractivity (Wildman–Crippen MR) is 108 cm³/mol. The smallest absolute Gasteiger partial charge is 0.258 e. The average Bonchev–Trinajstić information content (AvgIpc) is 2.92. The zero-order valence-corrected chi connectivity index (χ0v) is 17.0. The van der Waals surface area contributed by atoms with E-state index in [1.165, 1.54) is 19.1 Å². The summed E-state index contributed by atoms with van der Waals surface area (Å²) in [6, 6.07) is 14.8. The van der Waals surface area contributed by atoms with Crippen molar-refractivity contribution in [3.05, 3.63) is 59.7 Å². The summed E-state index contributed by atoms with van der Waals surface area (Å²) in [7, 11) is 4.63. The molecule has 29 heavy (non-hydrogen) atoms. The van der Waals surface area contributed by atoms with Gasteiger partial charge in [-0.3, -0.25) is 9.59 Å². The van der Waals surface area contributed by atoms with Crippen LogP contribution in [0.3, 0.4) is 0 Å². The summed E-state index contributed by atoms with van der Waals surface area (Å²) in [5.41, 5.74) is 1.39. The Kier molecular flexibility index (Phi) is 6.72. The van der Waals surface area contributed by atoms with Crippen LogP contribution >= 0.6 is 0 Å². The molecule has 1 fully saturated rings. The molecule has 7 nitrogen and oxygen atoms in total. The number of benzene rings is 2. The second-order valence-corrected chi connectivity index (χ2v) is 6.87.